The van der Waals surface area contributed by atoms with Crippen LogP contribution in [-0.4, -0.2) is 56.5 Å². The number of methoxy groups -OCH3 is 1. The van der Waals surface area contributed by atoms with E-state index in [2.05, 4.69) is 42.1 Å². The fraction of sp³-hybridized carbons (Fsp3) is 0.318. The fourth-order valence-corrected chi connectivity index (χ4v) is 3.84. The molecule has 1 aliphatic rings. The number of ether oxygens (including phenoxy) is 1. The van der Waals surface area contributed by atoms with Crippen LogP contribution in [0.3, 0.4) is 0 Å². The summed E-state index contributed by atoms with van der Waals surface area (Å²) < 4.78 is 5.28. The molecule has 3 rings (SSSR count). The first-order valence-corrected chi connectivity index (χ1v) is 9.43. The maximum atomic E-state index is 7.73. The Morgan fingerprint density at radius 2 is 1.78 bits per heavy atom. The van der Waals surface area contributed by atoms with Gasteiger partial charge in [-0.3, -0.25) is 9.80 Å². The Hall–Kier alpha value is -2.14. The second kappa shape index (κ2) is 8.70. The molecule has 1 heterocycles. The molecule has 0 unspecified atom stereocenters. The average Bonchev–Trinajstić information content (AvgIpc) is 3.01. The van der Waals surface area contributed by atoms with E-state index >= 15 is 0 Å². The molecule has 1 N–H and O–H groups in total. The van der Waals surface area contributed by atoms with E-state index in [0.29, 0.717) is 5.02 Å². The van der Waals surface area contributed by atoms with Gasteiger partial charge in [-0.25, -0.2) is 0 Å². The van der Waals surface area contributed by atoms with Crippen LogP contribution in [0, 0.1) is 5.41 Å². The van der Waals surface area contributed by atoms with Gasteiger partial charge >= 0.3 is 0 Å². The summed E-state index contributed by atoms with van der Waals surface area (Å²) in [7, 11) is 6.01. The Labute approximate surface area is 166 Å². The van der Waals surface area contributed by atoms with Crippen molar-refractivity contribution in [1.82, 2.24) is 9.80 Å². The zero-order valence-electron chi connectivity index (χ0n) is 16.1. The van der Waals surface area contributed by atoms with Gasteiger partial charge in [0.05, 0.1) is 13.3 Å². The van der Waals surface area contributed by atoms with Crippen LogP contribution in [0.25, 0.3) is 6.08 Å². The van der Waals surface area contributed by atoms with Gasteiger partial charge in [0.15, 0.2) is 0 Å². The lowest BCUT2D eigenvalue weighted by Crippen LogP contribution is -2.36. The summed E-state index contributed by atoms with van der Waals surface area (Å²) in [5, 5.41) is 8.38. The van der Waals surface area contributed by atoms with Crippen molar-refractivity contribution in [2.45, 2.75) is 12.6 Å². The van der Waals surface area contributed by atoms with Crippen LogP contribution in [0.1, 0.15) is 16.7 Å². The third-order valence-corrected chi connectivity index (χ3v) is 5.32. The van der Waals surface area contributed by atoms with Crippen molar-refractivity contribution >= 4 is 23.9 Å². The van der Waals surface area contributed by atoms with Gasteiger partial charge in [-0.1, -0.05) is 35.9 Å². The first-order valence-electron chi connectivity index (χ1n) is 9.05. The van der Waals surface area contributed by atoms with Crippen molar-refractivity contribution in [3.63, 3.8) is 0 Å². The molecule has 0 radical (unpaired) electrons. The van der Waals surface area contributed by atoms with Crippen molar-refractivity contribution in [3.8, 4) is 5.75 Å². The topological polar surface area (TPSA) is 39.6 Å². The van der Waals surface area contributed by atoms with Crippen LogP contribution in [0.5, 0.6) is 5.75 Å². The van der Waals surface area contributed by atoms with E-state index in [1.54, 1.807) is 7.11 Å². The summed E-state index contributed by atoms with van der Waals surface area (Å²) in [5.74, 6) is 0.864. The smallest absolute Gasteiger partial charge is 0.118 e. The number of nitrogens with one attached hydrogen (secondary N) is 1. The number of halogens is 1. The van der Waals surface area contributed by atoms with Gasteiger partial charge in [0, 0.05) is 29.9 Å². The summed E-state index contributed by atoms with van der Waals surface area (Å²) in [5.41, 5.74) is 4.39. The maximum Gasteiger partial charge on any atom is 0.118 e. The van der Waals surface area contributed by atoms with Gasteiger partial charge in [0.1, 0.15) is 5.75 Å². The molecule has 5 heteroatoms. The second-order valence-electron chi connectivity index (χ2n) is 7.00. The number of rotatable bonds is 6. The van der Waals surface area contributed by atoms with Crippen LogP contribution < -0.4 is 4.74 Å². The highest BCUT2D eigenvalue weighted by molar-refractivity contribution is 6.30. The molecule has 0 spiro atoms. The average molecular weight is 384 g/mol. The molecule has 1 fully saturated rings. The Morgan fingerprint density at radius 1 is 1.11 bits per heavy atom. The van der Waals surface area contributed by atoms with Crippen molar-refractivity contribution in [1.29, 1.82) is 5.41 Å². The van der Waals surface area contributed by atoms with E-state index < -0.39 is 0 Å². The highest BCUT2D eigenvalue weighted by Crippen LogP contribution is 2.26. The van der Waals surface area contributed by atoms with Gasteiger partial charge < -0.3 is 10.1 Å². The Balaban J connectivity index is 2.00. The zero-order valence-corrected chi connectivity index (χ0v) is 16.8. The predicted octanol–water partition coefficient (Wildman–Crippen LogP) is 4.18. The first-order chi connectivity index (χ1) is 13.0. The molecule has 0 atom stereocenters. The largest absolute Gasteiger partial charge is 0.497 e. The van der Waals surface area contributed by atoms with E-state index in [0.717, 1.165) is 36.4 Å². The molecular weight excluding hydrogens is 358 g/mol. The van der Waals surface area contributed by atoms with Crippen LogP contribution in [-0.2, 0) is 6.42 Å². The molecule has 4 nitrogen and oxygen atoms in total. The SMILES string of the molecule is COc1ccc(C/C(=C\c2ccc(Cl)cc2C=N)C2N(C)CCN2C)cc1. The van der Waals surface area contributed by atoms with E-state index in [9.17, 15) is 0 Å². The fourth-order valence-electron chi connectivity index (χ4n) is 3.66. The third-order valence-electron chi connectivity index (χ3n) is 5.08. The van der Waals surface area contributed by atoms with Gasteiger partial charge in [-0.2, -0.15) is 0 Å². The minimum Gasteiger partial charge on any atom is -0.497 e. The molecule has 0 saturated carbocycles. The van der Waals surface area contributed by atoms with E-state index in [1.807, 2.05) is 30.3 Å². The molecule has 0 aliphatic carbocycles. The van der Waals surface area contributed by atoms with E-state index in [-0.39, 0.29) is 6.17 Å². The highest BCUT2D eigenvalue weighted by Gasteiger charge is 2.29. The molecular formula is C22H26ClN3O. The molecule has 1 aliphatic heterocycles. The molecule has 0 amide bonds. The second-order valence-corrected chi connectivity index (χ2v) is 7.43. The quantitative estimate of drug-likeness (QED) is 0.761. The predicted molar refractivity (Wildman–Crippen MR) is 113 cm³/mol. The third kappa shape index (κ3) is 4.59. The van der Waals surface area contributed by atoms with Crippen LogP contribution in [0.4, 0.5) is 0 Å². The lowest BCUT2D eigenvalue weighted by molar-refractivity contribution is 0.223. The first kappa shape index (κ1) is 19.6. The minimum absolute atomic E-state index is 0.237. The number of likely N-dealkylation sites (N-methyl/N-ethyl adjacent to an activating group) is 2. The molecule has 0 aromatic heterocycles. The summed E-state index contributed by atoms with van der Waals surface area (Å²) >= 11 is 6.11. The minimum atomic E-state index is 0.237. The Bertz CT molecular complexity index is 822. The van der Waals surface area contributed by atoms with Gasteiger partial charge in [0.25, 0.3) is 0 Å². The number of hydrogen-bond donors (Lipinski definition) is 1. The summed E-state index contributed by atoms with van der Waals surface area (Å²) in [6.07, 6.45) is 4.65. The van der Waals surface area contributed by atoms with Gasteiger partial charge in [-0.05, 0) is 61.5 Å². The number of hydrogen-bond acceptors (Lipinski definition) is 4. The van der Waals surface area contributed by atoms with Crippen molar-refractivity contribution < 1.29 is 4.74 Å². The van der Waals surface area contributed by atoms with Gasteiger partial charge in [0.2, 0.25) is 0 Å². The normalized spacial score (nSPS) is 16.7. The molecule has 2 aromatic carbocycles. The number of benzene rings is 2. The standard InChI is InChI=1S/C22H26ClN3O/c1-25-10-11-26(2)22(25)18(12-16-4-8-21(27-3)9-5-16)13-17-6-7-20(23)14-19(17)15-24/h4-9,13-15,22,24H,10-12H2,1-3H3/b18-13+,24-15?. The molecule has 142 valence electrons. The van der Waals surface area contributed by atoms with E-state index in [1.165, 1.54) is 17.4 Å². The summed E-state index contributed by atoms with van der Waals surface area (Å²) in [6, 6.07) is 13.9. The highest BCUT2D eigenvalue weighted by atomic mass is 35.5. The Kier molecular flexibility index (Phi) is 6.32. The van der Waals surface area contributed by atoms with Crippen molar-refractivity contribution in [3.05, 3.63) is 69.8 Å². The van der Waals surface area contributed by atoms with Crippen LogP contribution in [0.15, 0.2) is 48.0 Å². The Morgan fingerprint density at radius 3 is 2.37 bits per heavy atom. The van der Waals surface area contributed by atoms with Crippen molar-refractivity contribution in [2.75, 3.05) is 34.3 Å². The molecule has 0 bridgehead atoms. The van der Waals surface area contributed by atoms with Crippen molar-refractivity contribution in [2.24, 2.45) is 0 Å². The summed E-state index contributed by atoms with van der Waals surface area (Å²) in [4.78, 5) is 4.74. The van der Waals surface area contributed by atoms with Crippen LogP contribution >= 0.6 is 11.6 Å². The van der Waals surface area contributed by atoms with E-state index in [4.69, 9.17) is 21.7 Å². The molecule has 27 heavy (non-hydrogen) atoms. The maximum absolute atomic E-state index is 7.73. The lowest BCUT2D eigenvalue weighted by Gasteiger charge is -2.28. The molecule has 1 saturated heterocycles. The zero-order chi connectivity index (χ0) is 19.4. The number of nitrogens with zero attached hydrogens (tertiary/aromatic N) is 2. The monoisotopic (exact) mass is 383 g/mol. The van der Waals surface area contributed by atoms with Crippen LogP contribution in [0.2, 0.25) is 5.02 Å². The van der Waals surface area contributed by atoms with Gasteiger partial charge in [-0.15, -0.1) is 0 Å². The molecule has 2 aromatic rings. The lowest BCUT2D eigenvalue weighted by atomic mass is 9.97. The summed E-state index contributed by atoms with van der Waals surface area (Å²) in [6.45, 7) is 2.08.